The van der Waals surface area contributed by atoms with Crippen molar-refractivity contribution in [2.45, 2.75) is 45.4 Å². The zero-order chi connectivity index (χ0) is 17.4. The molecule has 0 aromatic rings. The summed E-state index contributed by atoms with van der Waals surface area (Å²) in [5.74, 6) is 0.732. The molecule has 2 aliphatic rings. The normalized spacial score (nSPS) is 22.8. The highest BCUT2D eigenvalue weighted by Gasteiger charge is 2.43. The molecule has 1 unspecified atom stereocenters. The van der Waals surface area contributed by atoms with Crippen LogP contribution in [0, 0.1) is 11.3 Å². The molecule has 0 aliphatic carbocycles. The highest BCUT2D eigenvalue weighted by Crippen LogP contribution is 2.33. The van der Waals surface area contributed by atoms with Crippen molar-refractivity contribution in [3.8, 4) is 0 Å². The third-order valence-electron chi connectivity index (χ3n) is 5.31. The smallest absolute Gasteiger partial charge is 0.231 e. The molecule has 2 amide bonds. The second-order valence-corrected chi connectivity index (χ2v) is 7.28. The van der Waals surface area contributed by atoms with E-state index >= 15 is 0 Å². The largest absolute Gasteiger partial charge is 0.384 e. The van der Waals surface area contributed by atoms with Crippen LogP contribution in [0.15, 0.2) is 0 Å². The molecule has 7 heteroatoms. The van der Waals surface area contributed by atoms with Crippen LogP contribution >= 0.6 is 12.4 Å². The quantitative estimate of drug-likeness (QED) is 0.708. The maximum absolute atomic E-state index is 13.2. The van der Waals surface area contributed by atoms with E-state index < -0.39 is 0 Å². The van der Waals surface area contributed by atoms with E-state index in [0.29, 0.717) is 25.5 Å². The summed E-state index contributed by atoms with van der Waals surface area (Å²) in [7, 11) is 1.68. The summed E-state index contributed by atoms with van der Waals surface area (Å²) < 4.78 is 5.40. The number of nitrogens with zero attached hydrogens (tertiary/aromatic N) is 1. The first-order chi connectivity index (χ1) is 11.6. The van der Waals surface area contributed by atoms with Gasteiger partial charge < -0.3 is 20.3 Å². The second kappa shape index (κ2) is 11.0. The summed E-state index contributed by atoms with van der Waals surface area (Å²) in [5.41, 5.74) is -0.368. The highest BCUT2D eigenvalue weighted by molar-refractivity contribution is 5.85. The van der Waals surface area contributed by atoms with Crippen LogP contribution in [0.5, 0.6) is 0 Å². The van der Waals surface area contributed by atoms with E-state index in [1.807, 2.05) is 11.8 Å². The molecule has 2 aliphatic heterocycles. The number of hydrogen-bond donors (Lipinski definition) is 2. The van der Waals surface area contributed by atoms with Crippen molar-refractivity contribution in [3.05, 3.63) is 0 Å². The number of piperidine rings is 2. The summed E-state index contributed by atoms with van der Waals surface area (Å²) in [6.07, 6.45) is 5.23. The van der Waals surface area contributed by atoms with Crippen LogP contribution in [0.2, 0.25) is 0 Å². The average Bonchev–Trinajstić information content (AvgIpc) is 2.61. The molecular weight excluding hydrogens is 342 g/mol. The third kappa shape index (κ3) is 6.12. The van der Waals surface area contributed by atoms with E-state index in [-0.39, 0.29) is 29.6 Å². The molecule has 0 saturated carbocycles. The van der Waals surface area contributed by atoms with Gasteiger partial charge in [-0.2, -0.15) is 0 Å². The standard InChI is InChI=1S/C18H33N3O3.ClH/c1-3-5-16(22)20-12-15-6-4-11-21(13-15)17(23)18(14-24-2)7-9-19-10-8-18;/h15,19H,3-14H2,1-2H3,(H,20,22);1H. The van der Waals surface area contributed by atoms with E-state index in [0.717, 1.165) is 58.3 Å². The number of methoxy groups -OCH3 is 1. The summed E-state index contributed by atoms with van der Waals surface area (Å²) in [6.45, 7) is 6.53. The van der Waals surface area contributed by atoms with Gasteiger partial charge in [-0.1, -0.05) is 6.92 Å². The number of nitrogens with one attached hydrogen (secondary N) is 2. The molecule has 2 saturated heterocycles. The number of ether oxygens (including phenoxy) is 1. The summed E-state index contributed by atoms with van der Waals surface area (Å²) >= 11 is 0. The Morgan fingerprint density at radius 3 is 2.68 bits per heavy atom. The van der Waals surface area contributed by atoms with Crippen LogP contribution in [0.3, 0.4) is 0 Å². The summed E-state index contributed by atoms with van der Waals surface area (Å²) in [6, 6.07) is 0. The Hall–Kier alpha value is -0.850. The molecule has 25 heavy (non-hydrogen) atoms. The summed E-state index contributed by atoms with van der Waals surface area (Å²) in [4.78, 5) is 26.9. The van der Waals surface area contributed by atoms with Crippen molar-refractivity contribution >= 4 is 24.2 Å². The van der Waals surface area contributed by atoms with Crippen LogP contribution in [-0.2, 0) is 14.3 Å². The van der Waals surface area contributed by atoms with Gasteiger partial charge in [0.15, 0.2) is 0 Å². The minimum absolute atomic E-state index is 0. The number of halogens is 1. The van der Waals surface area contributed by atoms with Crippen molar-refractivity contribution in [2.24, 2.45) is 11.3 Å². The first-order valence-electron chi connectivity index (χ1n) is 9.37. The number of hydrogen-bond acceptors (Lipinski definition) is 4. The van der Waals surface area contributed by atoms with Gasteiger partial charge in [0, 0.05) is 33.2 Å². The van der Waals surface area contributed by atoms with Gasteiger partial charge in [-0.15, -0.1) is 12.4 Å². The van der Waals surface area contributed by atoms with Gasteiger partial charge in [0.2, 0.25) is 11.8 Å². The molecular formula is C18H34ClN3O3. The van der Waals surface area contributed by atoms with Crippen molar-refractivity contribution in [2.75, 3.05) is 46.4 Å². The van der Waals surface area contributed by atoms with E-state index in [2.05, 4.69) is 10.6 Å². The predicted octanol–water partition coefficient (Wildman–Crippen LogP) is 1.58. The lowest BCUT2D eigenvalue weighted by Crippen LogP contribution is -2.54. The third-order valence-corrected chi connectivity index (χ3v) is 5.31. The molecule has 1 atom stereocenters. The molecule has 0 spiro atoms. The first kappa shape index (κ1) is 22.2. The Morgan fingerprint density at radius 1 is 1.32 bits per heavy atom. The van der Waals surface area contributed by atoms with Crippen LogP contribution in [0.1, 0.15) is 45.4 Å². The van der Waals surface area contributed by atoms with Crippen LogP contribution < -0.4 is 10.6 Å². The van der Waals surface area contributed by atoms with Crippen LogP contribution in [-0.4, -0.2) is 63.2 Å². The highest BCUT2D eigenvalue weighted by atomic mass is 35.5. The van der Waals surface area contributed by atoms with Crippen molar-refractivity contribution < 1.29 is 14.3 Å². The Morgan fingerprint density at radius 2 is 2.04 bits per heavy atom. The molecule has 0 bridgehead atoms. The Balaban J connectivity index is 0.00000312. The lowest BCUT2D eigenvalue weighted by molar-refractivity contribution is -0.149. The SMILES string of the molecule is CCCC(=O)NCC1CCCN(C(=O)C2(COC)CCNCC2)C1.Cl. The fourth-order valence-electron chi connectivity index (χ4n) is 3.93. The number of carbonyl (C=O) groups excluding carboxylic acids is 2. The van der Waals surface area contributed by atoms with Gasteiger partial charge in [0.1, 0.15) is 0 Å². The van der Waals surface area contributed by atoms with Gasteiger partial charge in [-0.25, -0.2) is 0 Å². The Labute approximate surface area is 157 Å². The molecule has 0 aromatic carbocycles. The maximum Gasteiger partial charge on any atom is 0.231 e. The fraction of sp³-hybridized carbons (Fsp3) is 0.889. The van der Waals surface area contributed by atoms with Crippen LogP contribution in [0.4, 0.5) is 0 Å². The fourth-order valence-corrected chi connectivity index (χ4v) is 3.93. The van der Waals surface area contributed by atoms with Crippen molar-refractivity contribution in [1.29, 1.82) is 0 Å². The number of amides is 2. The van der Waals surface area contributed by atoms with Gasteiger partial charge in [0.25, 0.3) is 0 Å². The van der Waals surface area contributed by atoms with Gasteiger partial charge in [0.05, 0.1) is 12.0 Å². The molecule has 2 fully saturated rings. The Kier molecular flexibility index (Phi) is 9.75. The minimum Gasteiger partial charge on any atom is -0.384 e. The molecule has 2 rings (SSSR count). The van der Waals surface area contributed by atoms with Crippen LogP contribution in [0.25, 0.3) is 0 Å². The minimum atomic E-state index is -0.368. The topological polar surface area (TPSA) is 70.7 Å². The number of carbonyl (C=O) groups is 2. The lowest BCUT2D eigenvalue weighted by Gasteiger charge is -2.42. The summed E-state index contributed by atoms with van der Waals surface area (Å²) in [5, 5.41) is 6.35. The average molecular weight is 376 g/mol. The van der Waals surface area contributed by atoms with E-state index in [4.69, 9.17) is 4.74 Å². The van der Waals surface area contributed by atoms with Gasteiger partial charge in [-0.05, 0) is 51.1 Å². The monoisotopic (exact) mass is 375 g/mol. The van der Waals surface area contributed by atoms with Gasteiger partial charge in [-0.3, -0.25) is 9.59 Å². The number of rotatable bonds is 7. The molecule has 2 N–H and O–H groups in total. The molecule has 146 valence electrons. The molecule has 6 nitrogen and oxygen atoms in total. The van der Waals surface area contributed by atoms with E-state index in [1.165, 1.54) is 0 Å². The number of likely N-dealkylation sites (tertiary alicyclic amines) is 1. The zero-order valence-electron chi connectivity index (χ0n) is 15.6. The van der Waals surface area contributed by atoms with Crippen molar-refractivity contribution in [1.82, 2.24) is 15.5 Å². The van der Waals surface area contributed by atoms with E-state index in [9.17, 15) is 9.59 Å². The lowest BCUT2D eigenvalue weighted by atomic mass is 9.77. The molecule has 2 heterocycles. The molecule has 0 radical (unpaired) electrons. The first-order valence-corrected chi connectivity index (χ1v) is 9.37. The Bertz CT molecular complexity index is 422. The maximum atomic E-state index is 13.2. The van der Waals surface area contributed by atoms with Gasteiger partial charge >= 0.3 is 0 Å². The predicted molar refractivity (Wildman–Crippen MR) is 101 cm³/mol. The molecule has 0 aromatic heterocycles. The van der Waals surface area contributed by atoms with Crippen molar-refractivity contribution in [3.63, 3.8) is 0 Å². The zero-order valence-corrected chi connectivity index (χ0v) is 16.5. The second-order valence-electron chi connectivity index (χ2n) is 7.28. The van der Waals surface area contributed by atoms with E-state index in [1.54, 1.807) is 7.11 Å².